The number of carboxylic acids is 1. The minimum atomic E-state index is -1.01. The fourth-order valence-electron chi connectivity index (χ4n) is 2.36. The molecule has 0 spiro atoms. The summed E-state index contributed by atoms with van der Waals surface area (Å²) in [6.45, 7) is 2.76. The molecule has 2 N–H and O–H groups in total. The van der Waals surface area contributed by atoms with Crippen LogP contribution >= 0.6 is 0 Å². The molecule has 2 aromatic carbocycles. The van der Waals surface area contributed by atoms with Gasteiger partial charge in [0.2, 0.25) is 5.91 Å². The van der Waals surface area contributed by atoms with Crippen LogP contribution in [0.5, 0.6) is 11.5 Å². The molecule has 0 aliphatic heterocycles. The SMILES string of the molecule is CCOc1cc(CNC(=O)Cc2cccc(C(=O)O)c2)ccc1OC. The minimum Gasteiger partial charge on any atom is -0.493 e. The van der Waals surface area contributed by atoms with Gasteiger partial charge >= 0.3 is 5.97 Å². The molecule has 0 unspecified atom stereocenters. The first-order valence-electron chi connectivity index (χ1n) is 7.92. The van der Waals surface area contributed by atoms with Crippen molar-refractivity contribution in [3.63, 3.8) is 0 Å². The molecule has 2 rings (SSSR count). The molecule has 2 aromatic rings. The van der Waals surface area contributed by atoms with E-state index in [1.165, 1.54) is 12.1 Å². The Labute approximate surface area is 146 Å². The molecule has 6 heteroatoms. The van der Waals surface area contributed by atoms with Crippen molar-refractivity contribution in [1.29, 1.82) is 0 Å². The Balaban J connectivity index is 1.97. The summed E-state index contributed by atoms with van der Waals surface area (Å²) in [4.78, 5) is 23.1. The Bertz CT molecular complexity index is 757. The van der Waals surface area contributed by atoms with Crippen LogP contribution in [0.1, 0.15) is 28.4 Å². The normalized spacial score (nSPS) is 10.2. The van der Waals surface area contributed by atoms with E-state index >= 15 is 0 Å². The number of benzene rings is 2. The molecule has 0 aliphatic rings. The van der Waals surface area contributed by atoms with Crippen LogP contribution in [0, 0.1) is 0 Å². The second-order valence-corrected chi connectivity index (χ2v) is 5.38. The maximum Gasteiger partial charge on any atom is 0.335 e. The topological polar surface area (TPSA) is 84.9 Å². The first-order valence-corrected chi connectivity index (χ1v) is 7.92. The summed E-state index contributed by atoms with van der Waals surface area (Å²) in [6.07, 6.45) is 0.121. The molecule has 0 bridgehead atoms. The zero-order chi connectivity index (χ0) is 18.2. The number of rotatable bonds is 8. The molecule has 1 amide bonds. The number of methoxy groups -OCH3 is 1. The Morgan fingerprint density at radius 3 is 2.56 bits per heavy atom. The largest absolute Gasteiger partial charge is 0.493 e. The van der Waals surface area contributed by atoms with Crippen LogP contribution in [0.25, 0.3) is 0 Å². The highest BCUT2D eigenvalue weighted by Gasteiger charge is 2.09. The lowest BCUT2D eigenvalue weighted by Crippen LogP contribution is -2.24. The van der Waals surface area contributed by atoms with Crippen molar-refractivity contribution in [2.75, 3.05) is 13.7 Å². The lowest BCUT2D eigenvalue weighted by Gasteiger charge is -2.12. The molecule has 0 heterocycles. The Kier molecular flexibility index (Phi) is 6.39. The van der Waals surface area contributed by atoms with Gasteiger partial charge in [-0.3, -0.25) is 4.79 Å². The number of hydrogen-bond acceptors (Lipinski definition) is 4. The number of carboxylic acid groups (broad SMARTS) is 1. The maximum atomic E-state index is 12.1. The second-order valence-electron chi connectivity index (χ2n) is 5.38. The van der Waals surface area contributed by atoms with Crippen molar-refractivity contribution in [3.05, 3.63) is 59.2 Å². The summed E-state index contributed by atoms with van der Waals surface area (Å²) in [5.74, 6) is 0.0774. The standard InChI is InChI=1S/C19H21NO5/c1-3-25-17-10-14(7-8-16(17)24-2)12-20-18(21)11-13-5-4-6-15(9-13)19(22)23/h4-10H,3,11-12H2,1-2H3,(H,20,21)(H,22,23). The number of aromatic carboxylic acids is 1. The molecule has 132 valence electrons. The molecule has 0 saturated heterocycles. The van der Waals surface area contributed by atoms with Crippen LogP contribution in [-0.2, 0) is 17.8 Å². The van der Waals surface area contributed by atoms with Gasteiger partial charge in [0.15, 0.2) is 11.5 Å². The van der Waals surface area contributed by atoms with Crippen molar-refractivity contribution < 1.29 is 24.2 Å². The van der Waals surface area contributed by atoms with Gasteiger partial charge in [-0.2, -0.15) is 0 Å². The molecule has 0 fully saturated rings. The fraction of sp³-hybridized carbons (Fsp3) is 0.263. The molecule has 25 heavy (non-hydrogen) atoms. The van der Waals surface area contributed by atoms with Gasteiger partial charge in [0.25, 0.3) is 0 Å². The minimum absolute atomic E-state index is 0.121. The summed E-state index contributed by atoms with van der Waals surface area (Å²) in [7, 11) is 1.57. The Morgan fingerprint density at radius 1 is 1.08 bits per heavy atom. The summed E-state index contributed by atoms with van der Waals surface area (Å²) in [5.41, 5.74) is 1.71. The predicted molar refractivity (Wildman–Crippen MR) is 93.1 cm³/mol. The van der Waals surface area contributed by atoms with Gasteiger partial charge in [-0.1, -0.05) is 18.2 Å². The third kappa shape index (κ3) is 5.24. The third-order valence-corrected chi connectivity index (χ3v) is 3.56. The number of hydrogen-bond donors (Lipinski definition) is 2. The second kappa shape index (κ2) is 8.73. The van der Waals surface area contributed by atoms with Crippen LogP contribution in [0.3, 0.4) is 0 Å². The van der Waals surface area contributed by atoms with Crippen molar-refractivity contribution in [3.8, 4) is 11.5 Å². The van der Waals surface area contributed by atoms with Gasteiger partial charge < -0.3 is 19.9 Å². The molecule has 0 aliphatic carbocycles. The van der Waals surface area contributed by atoms with Crippen molar-refractivity contribution >= 4 is 11.9 Å². The lowest BCUT2D eigenvalue weighted by molar-refractivity contribution is -0.120. The predicted octanol–water partition coefficient (Wildman–Crippen LogP) is 2.65. The van der Waals surface area contributed by atoms with Gasteiger partial charge in [-0.25, -0.2) is 4.79 Å². The number of ether oxygens (including phenoxy) is 2. The van der Waals surface area contributed by atoms with E-state index in [0.29, 0.717) is 30.2 Å². The molecule has 0 atom stereocenters. The van der Waals surface area contributed by atoms with Crippen molar-refractivity contribution in [2.45, 2.75) is 19.9 Å². The summed E-state index contributed by atoms with van der Waals surface area (Å²) in [5, 5.41) is 11.8. The lowest BCUT2D eigenvalue weighted by atomic mass is 10.1. The van der Waals surface area contributed by atoms with E-state index in [9.17, 15) is 9.59 Å². The number of amides is 1. The highest BCUT2D eigenvalue weighted by Crippen LogP contribution is 2.27. The van der Waals surface area contributed by atoms with Crippen LogP contribution in [0.4, 0.5) is 0 Å². The molecule has 0 saturated carbocycles. The summed E-state index contributed by atoms with van der Waals surface area (Å²) in [6, 6.07) is 11.8. The van der Waals surface area contributed by atoms with Gasteiger partial charge in [0, 0.05) is 6.54 Å². The molecule has 6 nitrogen and oxygen atoms in total. The van der Waals surface area contributed by atoms with Crippen molar-refractivity contribution in [1.82, 2.24) is 5.32 Å². The highest BCUT2D eigenvalue weighted by molar-refractivity contribution is 5.88. The molecule has 0 radical (unpaired) electrons. The molecular weight excluding hydrogens is 322 g/mol. The highest BCUT2D eigenvalue weighted by atomic mass is 16.5. The van der Waals surface area contributed by atoms with E-state index in [0.717, 1.165) is 5.56 Å². The number of nitrogens with one attached hydrogen (secondary N) is 1. The number of carbonyl (C=O) groups is 2. The van der Waals surface area contributed by atoms with Gasteiger partial charge in [-0.05, 0) is 42.3 Å². The molecular formula is C19H21NO5. The molecule has 0 aromatic heterocycles. The van der Waals surface area contributed by atoms with E-state index in [2.05, 4.69) is 5.32 Å². The van der Waals surface area contributed by atoms with Crippen LogP contribution in [0.15, 0.2) is 42.5 Å². The van der Waals surface area contributed by atoms with Gasteiger partial charge in [-0.15, -0.1) is 0 Å². The fourth-order valence-corrected chi connectivity index (χ4v) is 2.36. The van der Waals surface area contributed by atoms with E-state index in [4.69, 9.17) is 14.6 Å². The zero-order valence-corrected chi connectivity index (χ0v) is 14.2. The monoisotopic (exact) mass is 343 g/mol. The van der Waals surface area contributed by atoms with E-state index < -0.39 is 5.97 Å². The Morgan fingerprint density at radius 2 is 1.88 bits per heavy atom. The summed E-state index contributed by atoms with van der Waals surface area (Å²) >= 11 is 0. The maximum absolute atomic E-state index is 12.1. The van der Waals surface area contributed by atoms with Crippen LogP contribution < -0.4 is 14.8 Å². The van der Waals surface area contributed by atoms with Gasteiger partial charge in [0.05, 0.1) is 25.7 Å². The summed E-state index contributed by atoms with van der Waals surface area (Å²) < 4.78 is 10.7. The third-order valence-electron chi connectivity index (χ3n) is 3.56. The van der Waals surface area contributed by atoms with Crippen LogP contribution in [0.2, 0.25) is 0 Å². The first kappa shape index (κ1) is 18.3. The number of carbonyl (C=O) groups excluding carboxylic acids is 1. The van der Waals surface area contributed by atoms with E-state index in [1.54, 1.807) is 25.3 Å². The van der Waals surface area contributed by atoms with E-state index in [1.807, 2.05) is 19.1 Å². The average molecular weight is 343 g/mol. The zero-order valence-electron chi connectivity index (χ0n) is 14.2. The average Bonchev–Trinajstić information content (AvgIpc) is 2.60. The van der Waals surface area contributed by atoms with E-state index in [-0.39, 0.29) is 17.9 Å². The van der Waals surface area contributed by atoms with Gasteiger partial charge in [0.1, 0.15) is 0 Å². The van der Waals surface area contributed by atoms with Crippen molar-refractivity contribution in [2.24, 2.45) is 0 Å². The van der Waals surface area contributed by atoms with Crippen LogP contribution in [-0.4, -0.2) is 30.7 Å². The smallest absolute Gasteiger partial charge is 0.335 e. The quantitative estimate of drug-likeness (QED) is 0.770. The first-order chi connectivity index (χ1) is 12.0. The Hall–Kier alpha value is -3.02.